The SMILES string of the molecule is COc1ccc(-c2cncc(C(=O)NC(CCO)C(C)C)c2)cc1. The van der Waals surface area contributed by atoms with Crippen molar-refractivity contribution in [1.29, 1.82) is 0 Å². The van der Waals surface area contributed by atoms with E-state index in [2.05, 4.69) is 10.3 Å². The predicted molar refractivity (Wildman–Crippen MR) is 94.0 cm³/mol. The number of ether oxygens (including phenoxy) is 1. The van der Waals surface area contributed by atoms with Crippen LogP contribution in [0.25, 0.3) is 11.1 Å². The number of carbonyl (C=O) groups is 1. The number of methoxy groups -OCH3 is 1. The van der Waals surface area contributed by atoms with E-state index in [-0.39, 0.29) is 24.5 Å². The second kappa shape index (κ2) is 8.45. The van der Waals surface area contributed by atoms with Gasteiger partial charge in [0.25, 0.3) is 5.91 Å². The number of aliphatic hydroxyl groups excluding tert-OH is 1. The van der Waals surface area contributed by atoms with Gasteiger partial charge < -0.3 is 15.2 Å². The number of pyridine rings is 1. The van der Waals surface area contributed by atoms with Crippen molar-refractivity contribution < 1.29 is 14.6 Å². The van der Waals surface area contributed by atoms with Gasteiger partial charge in [0, 0.05) is 30.6 Å². The third-order valence-corrected chi connectivity index (χ3v) is 3.99. The molecule has 128 valence electrons. The molecular formula is C19H24N2O3. The highest BCUT2D eigenvalue weighted by molar-refractivity contribution is 5.95. The first-order valence-corrected chi connectivity index (χ1v) is 8.06. The van der Waals surface area contributed by atoms with Crippen LogP contribution in [0.15, 0.2) is 42.7 Å². The molecule has 1 aromatic carbocycles. The maximum atomic E-state index is 12.5. The van der Waals surface area contributed by atoms with Gasteiger partial charge >= 0.3 is 0 Å². The second-order valence-electron chi connectivity index (χ2n) is 6.03. The van der Waals surface area contributed by atoms with Crippen molar-refractivity contribution in [3.8, 4) is 16.9 Å². The van der Waals surface area contributed by atoms with Crippen molar-refractivity contribution in [2.75, 3.05) is 13.7 Å². The molecule has 2 rings (SSSR count). The zero-order valence-corrected chi connectivity index (χ0v) is 14.3. The minimum absolute atomic E-state index is 0.0489. The Hall–Kier alpha value is -2.40. The van der Waals surface area contributed by atoms with Crippen LogP contribution in [-0.2, 0) is 0 Å². The quantitative estimate of drug-likeness (QED) is 0.820. The summed E-state index contributed by atoms with van der Waals surface area (Å²) in [6, 6.07) is 9.36. The number of benzene rings is 1. The summed E-state index contributed by atoms with van der Waals surface area (Å²) in [5.41, 5.74) is 2.34. The van der Waals surface area contributed by atoms with Crippen molar-refractivity contribution in [1.82, 2.24) is 10.3 Å². The molecule has 1 heterocycles. The summed E-state index contributed by atoms with van der Waals surface area (Å²) in [5.74, 6) is 0.855. The molecule has 5 nitrogen and oxygen atoms in total. The molecule has 1 atom stereocenters. The van der Waals surface area contributed by atoms with E-state index in [0.717, 1.165) is 16.9 Å². The molecule has 0 radical (unpaired) electrons. The number of hydrogen-bond donors (Lipinski definition) is 2. The Morgan fingerprint density at radius 1 is 1.21 bits per heavy atom. The number of nitrogens with one attached hydrogen (secondary N) is 1. The van der Waals surface area contributed by atoms with Crippen LogP contribution in [0.1, 0.15) is 30.6 Å². The number of carbonyl (C=O) groups excluding carboxylic acids is 1. The van der Waals surface area contributed by atoms with E-state index in [4.69, 9.17) is 9.84 Å². The van der Waals surface area contributed by atoms with Crippen molar-refractivity contribution in [2.45, 2.75) is 26.3 Å². The molecule has 5 heteroatoms. The average Bonchev–Trinajstić information content (AvgIpc) is 2.61. The summed E-state index contributed by atoms with van der Waals surface area (Å²) in [7, 11) is 1.62. The first kappa shape index (κ1) is 17.9. The lowest BCUT2D eigenvalue weighted by Crippen LogP contribution is -2.39. The van der Waals surface area contributed by atoms with Crippen LogP contribution >= 0.6 is 0 Å². The van der Waals surface area contributed by atoms with Crippen LogP contribution in [-0.4, -0.2) is 35.8 Å². The van der Waals surface area contributed by atoms with Crippen molar-refractivity contribution in [3.63, 3.8) is 0 Å². The lowest BCUT2D eigenvalue weighted by Gasteiger charge is -2.21. The van der Waals surface area contributed by atoms with Crippen LogP contribution in [0.4, 0.5) is 0 Å². The summed E-state index contributed by atoms with van der Waals surface area (Å²) in [6.07, 6.45) is 3.82. The lowest BCUT2D eigenvalue weighted by atomic mass is 10.0. The molecule has 0 spiro atoms. The fraction of sp³-hybridized carbons (Fsp3) is 0.368. The van der Waals surface area contributed by atoms with Crippen molar-refractivity contribution in [2.24, 2.45) is 5.92 Å². The van der Waals surface area contributed by atoms with E-state index in [0.29, 0.717) is 12.0 Å². The lowest BCUT2D eigenvalue weighted by molar-refractivity contribution is 0.0916. The minimum Gasteiger partial charge on any atom is -0.497 e. The van der Waals surface area contributed by atoms with Gasteiger partial charge in [-0.25, -0.2) is 0 Å². The van der Waals surface area contributed by atoms with Crippen LogP contribution in [0.5, 0.6) is 5.75 Å². The number of rotatable bonds is 7. The number of amides is 1. The third-order valence-electron chi connectivity index (χ3n) is 3.99. The fourth-order valence-corrected chi connectivity index (χ4v) is 2.47. The molecule has 2 N–H and O–H groups in total. The second-order valence-corrected chi connectivity index (χ2v) is 6.03. The molecule has 0 aliphatic rings. The molecule has 0 saturated carbocycles. The third kappa shape index (κ3) is 4.55. The topological polar surface area (TPSA) is 71.5 Å². The van der Waals surface area contributed by atoms with Gasteiger partial charge in [0.15, 0.2) is 0 Å². The van der Waals surface area contributed by atoms with Gasteiger partial charge in [-0.3, -0.25) is 9.78 Å². The molecule has 24 heavy (non-hydrogen) atoms. The zero-order chi connectivity index (χ0) is 17.5. The van der Waals surface area contributed by atoms with Crippen LogP contribution < -0.4 is 10.1 Å². The summed E-state index contributed by atoms with van der Waals surface area (Å²) >= 11 is 0. The Balaban J connectivity index is 2.18. The molecule has 0 aliphatic carbocycles. The number of hydrogen-bond acceptors (Lipinski definition) is 4. The highest BCUT2D eigenvalue weighted by Crippen LogP contribution is 2.22. The Labute approximate surface area is 142 Å². The largest absolute Gasteiger partial charge is 0.497 e. The van der Waals surface area contributed by atoms with Gasteiger partial charge in [-0.1, -0.05) is 26.0 Å². The van der Waals surface area contributed by atoms with Gasteiger partial charge in [0.05, 0.1) is 12.7 Å². The molecule has 1 aromatic heterocycles. The van der Waals surface area contributed by atoms with E-state index in [9.17, 15) is 4.79 Å². The molecule has 2 aromatic rings. The maximum Gasteiger partial charge on any atom is 0.253 e. The van der Waals surface area contributed by atoms with Crippen LogP contribution in [0.3, 0.4) is 0 Å². The fourth-order valence-electron chi connectivity index (χ4n) is 2.47. The number of aliphatic hydroxyl groups is 1. The van der Waals surface area contributed by atoms with Crippen LogP contribution in [0, 0.1) is 5.92 Å². The molecule has 0 bridgehead atoms. The highest BCUT2D eigenvalue weighted by Gasteiger charge is 2.17. The smallest absolute Gasteiger partial charge is 0.253 e. The summed E-state index contributed by atoms with van der Waals surface area (Å²) in [6.45, 7) is 4.09. The van der Waals surface area contributed by atoms with Gasteiger partial charge in [-0.2, -0.15) is 0 Å². The Bertz CT molecular complexity index is 669. The summed E-state index contributed by atoms with van der Waals surface area (Å²) in [4.78, 5) is 16.6. The van der Waals surface area contributed by atoms with E-state index in [1.807, 2.05) is 44.2 Å². The zero-order valence-electron chi connectivity index (χ0n) is 14.3. The Morgan fingerprint density at radius 3 is 2.50 bits per heavy atom. The number of nitrogens with zero attached hydrogens (tertiary/aromatic N) is 1. The van der Waals surface area contributed by atoms with Gasteiger partial charge in [0.1, 0.15) is 5.75 Å². The molecule has 1 unspecified atom stereocenters. The summed E-state index contributed by atoms with van der Waals surface area (Å²) in [5, 5.41) is 12.1. The van der Waals surface area contributed by atoms with Gasteiger partial charge in [0.2, 0.25) is 0 Å². The van der Waals surface area contributed by atoms with Crippen LogP contribution in [0.2, 0.25) is 0 Å². The molecule has 0 fully saturated rings. The van der Waals surface area contributed by atoms with E-state index in [1.165, 1.54) is 0 Å². The predicted octanol–water partition coefficient (Wildman–Crippen LogP) is 2.89. The normalized spacial score (nSPS) is 12.0. The molecule has 1 amide bonds. The Kier molecular flexibility index (Phi) is 6.32. The van der Waals surface area contributed by atoms with E-state index >= 15 is 0 Å². The average molecular weight is 328 g/mol. The van der Waals surface area contributed by atoms with Crippen molar-refractivity contribution in [3.05, 3.63) is 48.3 Å². The van der Waals surface area contributed by atoms with Gasteiger partial charge in [-0.15, -0.1) is 0 Å². The molecular weight excluding hydrogens is 304 g/mol. The molecule has 0 aliphatic heterocycles. The Morgan fingerprint density at radius 2 is 1.92 bits per heavy atom. The monoisotopic (exact) mass is 328 g/mol. The summed E-state index contributed by atoms with van der Waals surface area (Å²) < 4.78 is 5.16. The van der Waals surface area contributed by atoms with Gasteiger partial charge in [-0.05, 0) is 36.1 Å². The van der Waals surface area contributed by atoms with E-state index < -0.39 is 0 Å². The minimum atomic E-state index is -0.176. The standard InChI is InChI=1S/C19H24N2O3/c1-13(2)18(8-9-22)21-19(23)16-10-15(11-20-12-16)14-4-6-17(24-3)7-5-14/h4-7,10-13,18,22H,8-9H2,1-3H3,(H,21,23). The highest BCUT2D eigenvalue weighted by atomic mass is 16.5. The first-order valence-electron chi connectivity index (χ1n) is 8.06. The molecule has 0 saturated heterocycles. The van der Waals surface area contributed by atoms with E-state index in [1.54, 1.807) is 19.5 Å². The van der Waals surface area contributed by atoms with Crippen molar-refractivity contribution >= 4 is 5.91 Å². The number of aromatic nitrogens is 1. The first-order chi connectivity index (χ1) is 11.5. The maximum absolute atomic E-state index is 12.5.